The molecule has 0 aromatic heterocycles. The maximum absolute atomic E-state index is 12.0. The number of carbonyl (C=O) groups is 2. The first-order valence-electron chi connectivity index (χ1n) is 5.83. The van der Waals surface area contributed by atoms with Gasteiger partial charge in [-0.3, -0.25) is 9.69 Å². The maximum Gasteiger partial charge on any atom is 0.325 e. The summed E-state index contributed by atoms with van der Waals surface area (Å²) in [4.78, 5) is 24.2. The number of nitrogens with one attached hydrogen (secondary N) is 1. The lowest BCUT2D eigenvalue weighted by molar-refractivity contribution is -0.138. The Kier molecular flexibility index (Phi) is 4.71. The summed E-state index contributed by atoms with van der Waals surface area (Å²) in [5, 5.41) is 11.2. The summed E-state index contributed by atoms with van der Waals surface area (Å²) >= 11 is 0. The molecule has 18 heavy (non-hydrogen) atoms. The van der Waals surface area contributed by atoms with Crippen LogP contribution in [0.3, 0.4) is 0 Å². The van der Waals surface area contributed by atoms with E-state index in [2.05, 4.69) is 5.32 Å². The summed E-state index contributed by atoms with van der Waals surface area (Å²) in [5.41, 5.74) is 1.76. The molecule has 0 aliphatic heterocycles. The zero-order valence-corrected chi connectivity index (χ0v) is 10.8. The average molecular weight is 250 g/mol. The Morgan fingerprint density at radius 3 is 2.50 bits per heavy atom. The van der Waals surface area contributed by atoms with E-state index in [0.717, 1.165) is 11.3 Å². The van der Waals surface area contributed by atoms with E-state index in [4.69, 9.17) is 5.11 Å². The molecular formula is C13H18N2O3. The first-order chi connectivity index (χ1) is 8.47. The summed E-state index contributed by atoms with van der Waals surface area (Å²) in [7, 11) is 0. The van der Waals surface area contributed by atoms with Gasteiger partial charge in [-0.1, -0.05) is 18.2 Å². The summed E-state index contributed by atoms with van der Waals surface area (Å²) < 4.78 is 0. The van der Waals surface area contributed by atoms with Gasteiger partial charge in [0.05, 0.1) is 0 Å². The second-order valence-electron chi connectivity index (χ2n) is 4.04. The van der Waals surface area contributed by atoms with Gasteiger partial charge in [0.1, 0.15) is 6.04 Å². The topological polar surface area (TPSA) is 69.6 Å². The average Bonchev–Trinajstić information content (AvgIpc) is 2.32. The zero-order valence-electron chi connectivity index (χ0n) is 10.8. The highest BCUT2D eigenvalue weighted by atomic mass is 16.4. The van der Waals surface area contributed by atoms with Crippen LogP contribution < -0.4 is 10.2 Å². The van der Waals surface area contributed by atoms with Crippen molar-refractivity contribution < 1.29 is 14.7 Å². The predicted molar refractivity (Wildman–Crippen MR) is 69.8 cm³/mol. The predicted octanol–water partition coefficient (Wildman–Crippen LogP) is 2.00. The highest BCUT2D eigenvalue weighted by Crippen LogP contribution is 2.19. The SMILES string of the molecule is CCN(C(=O)NC(C)C(=O)O)c1ccccc1C. The molecule has 0 aliphatic carbocycles. The normalized spacial score (nSPS) is 11.7. The second-order valence-corrected chi connectivity index (χ2v) is 4.04. The molecule has 0 saturated carbocycles. The van der Waals surface area contributed by atoms with Crippen LogP contribution in [0.5, 0.6) is 0 Å². The van der Waals surface area contributed by atoms with Crippen molar-refractivity contribution in [2.24, 2.45) is 0 Å². The quantitative estimate of drug-likeness (QED) is 0.858. The van der Waals surface area contributed by atoms with Gasteiger partial charge in [0.15, 0.2) is 0 Å². The largest absolute Gasteiger partial charge is 0.480 e. The zero-order chi connectivity index (χ0) is 13.7. The number of amides is 2. The Morgan fingerprint density at radius 1 is 1.39 bits per heavy atom. The number of hydrogen-bond acceptors (Lipinski definition) is 2. The molecule has 2 amide bonds. The number of nitrogens with zero attached hydrogens (tertiary/aromatic N) is 1. The molecule has 1 atom stereocenters. The lowest BCUT2D eigenvalue weighted by Gasteiger charge is -2.24. The van der Waals surface area contributed by atoms with E-state index < -0.39 is 18.0 Å². The summed E-state index contributed by atoms with van der Waals surface area (Å²) in [6, 6.07) is 6.18. The van der Waals surface area contributed by atoms with Gasteiger partial charge in [-0.25, -0.2) is 4.79 Å². The van der Waals surface area contributed by atoms with E-state index in [-0.39, 0.29) is 0 Å². The van der Waals surface area contributed by atoms with Crippen molar-refractivity contribution in [1.29, 1.82) is 0 Å². The van der Waals surface area contributed by atoms with Gasteiger partial charge in [0, 0.05) is 12.2 Å². The molecule has 5 heteroatoms. The monoisotopic (exact) mass is 250 g/mol. The van der Waals surface area contributed by atoms with E-state index in [1.165, 1.54) is 11.8 Å². The van der Waals surface area contributed by atoms with Gasteiger partial charge in [0.2, 0.25) is 0 Å². The number of benzene rings is 1. The standard InChI is InChI=1S/C13H18N2O3/c1-4-15(11-8-6-5-7-9(11)2)13(18)14-10(3)12(16)17/h5-8,10H,4H2,1-3H3,(H,14,18)(H,16,17). The van der Waals surface area contributed by atoms with Crippen molar-refractivity contribution in [2.45, 2.75) is 26.8 Å². The molecule has 1 rings (SSSR count). The van der Waals surface area contributed by atoms with Crippen LogP contribution in [0.15, 0.2) is 24.3 Å². The molecule has 2 N–H and O–H groups in total. The van der Waals surface area contributed by atoms with Crippen molar-refractivity contribution >= 4 is 17.7 Å². The van der Waals surface area contributed by atoms with Crippen LogP contribution >= 0.6 is 0 Å². The number of rotatable bonds is 4. The van der Waals surface area contributed by atoms with Gasteiger partial charge >= 0.3 is 12.0 Å². The Balaban J connectivity index is 2.87. The Bertz CT molecular complexity index is 446. The van der Waals surface area contributed by atoms with Crippen LogP contribution in [0.1, 0.15) is 19.4 Å². The number of hydrogen-bond donors (Lipinski definition) is 2. The molecule has 0 bridgehead atoms. The van der Waals surface area contributed by atoms with Crippen LogP contribution in [0, 0.1) is 6.92 Å². The van der Waals surface area contributed by atoms with E-state index in [9.17, 15) is 9.59 Å². The first-order valence-corrected chi connectivity index (χ1v) is 5.83. The highest BCUT2D eigenvalue weighted by Gasteiger charge is 2.20. The fourth-order valence-electron chi connectivity index (χ4n) is 1.61. The minimum absolute atomic E-state index is 0.401. The summed E-state index contributed by atoms with van der Waals surface area (Å²) in [6.45, 7) is 5.66. The van der Waals surface area contributed by atoms with E-state index in [0.29, 0.717) is 6.54 Å². The van der Waals surface area contributed by atoms with Gasteiger partial charge in [-0.05, 0) is 32.4 Å². The van der Waals surface area contributed by atoms with Crippen molar-refractivity contribution in [3.8, 4) is 0 Å². The number of carboxylic acid groups (broad SMARTS) is 1. The van der Waals surface area contributed by atoms with Crippen LogP contribution in [0.4, 0.5) is 10.5 Å². The Labute approximate surface area is 106 Å². The maximum atomic E-state index is 12.0. The highest BCUT2D eigenvalue weighted by molar-refractivity contribution is 5.94. The Hall–Kier alpha value is -2.04. The molecular weight excluding hydrogens is 232 g/mol. The van der Waals surface area contributed by atoms with Gasteiger partial charge in [-0.15, -0.1) is 0 Å². The molecule has 0 fully saturated rings. The third-order valence-corrected chi connectivity index (χ3v) is 2.68. The lowest BCUT2D eigenvalue weighted by Crippen LogP contribution is -2.47. The second kappa shape index (κ2) is 6.05. The number of anilines is 1. The lowest BCUT2D eigenvalue weighted by atomic mass is 10.2. The van der Waals surface area contributed by atoms with Crippen LogP contribution in [0.2, 0.25) is 0 Å². The molecule has 98 valence electrons. The molecule has 1 aromatic carbocycles. The van der Waals surface area contributed by atoms with Crippen molar-refractivity contribution in [3.63, 3.8) is 0 Å². The van der Waals surface area contributed by atoms with Crippen LogP contribution in [0.25, 0.3) is 0 Å². The minimum Gasteiger partial charge on any atom is -0.480 e. The molecule has 5 nitrogen and oxygen atoms in total. The van der Waals surface area contributed by atoms with E-state index in [1.54, 1.807) is 0 Å². The first kappa shape index (κ1) is 14.0. The van der Waals surface area contributed by atoms with Crippen molar-refractivity contribution in [1.82, 2.24) is 5.32 Å². The van der Waals surface area contributed by atoms with E-state index in [1.807, 2.05) is 38.1 Å². The molecule has 0 aliphatic rings. The van der Waals surface area contributed by atoms with Gasteiger partial charge in [-0.2, -0.15) is 0 Å². The Morgan fingerprint density at radius 2 is 2.00 bits per heavy atom. The number of aliphatic carboxylic acids is 1. The van der Waals surface area contributed by atoms with Gasteiger partial charge in [0.25, 0.3) is 0 Å². The van der Waals surface area contributed by atoms with E-state index >= 15 is 0 Å². The summed E-state index contributed by atoms with van der Waals surface area (Å²) in [6.07, 6.45) is 0. The third kappa shape index (κ3) is 3.23. The van der Waals surface area contributed by atoms with Gasteiger partial charge < -0.3 is 10.4 Å². The molecule has 1 aromatic rings. The number of para-hydroxylation sites is 1. The molecule has 1 unspecified atom stereocenters. The summed E-state index contributed by atoms with van der Waals surface area (Å²) in [5.74, 6) is -1.05. The number of aryl methyl sites for hydroxylation is 1. The fraction of sp³-hybridized carbons (Fsp3) is 0.385. The fourth-order valence-corrected chi connectivity index (χ4v) is 1.61. The molecule has 0 spiro atoms. The number of urea groups is 1. The number of carboxylic acids is 1. The molecule has 0 saturated heterocycles. The third-order valence-electron chi connectivity index (χ3n) is 2.68. The molecule has 0 radical (unpaired) electrons. The minimum atomic E-state index is -1.05. The smallest absolute Gasteiger partial charge is 0.325 e. The number of carbonyl (C=O) groups excluding carboxylic acids is 1. The molecule has 0 heterocycles. The van der Waals surface area contributed by atoms with Crippen molar-refractivity contribution in [3.05, 3.63) is 29.8 Å². The van der Waals surface area contributed by atoms with Crippen LogP contribution in [-0.2, 0) is 4.79 Å². The van der Waals surface area contributed by atoms with Crippen LogP contribution in [-0.4, -0.2) is 29.7 Å². The van der Waals surface area contributed by atoms with Crippen molar-refractivity contribution in [2.75, 3.05) is 11.4 Å².